The predicted molar refractivity (Wildman–Crippen MR) is 152 cm³/mol. The number of Topliss-reactive ketones (excluding diaryl/α,β-unsaturated/α-hetero) is 1. The average Bonchev–Trinajstić information content (AvgIpc) is 3.62. The van der Waals surface area contributed by atoms with Crippen molar-refractivity contribution in [1.29, 1.82) is 0 Å². The zero-order valence-corrected chi connectivity index (χ0v) is 23.2. The van der Waals surface area contributed by atoms with E-state index in [2.05, 4.69) is 34.4 Å². The van der Waals surface area contributed by atoms with Gasteiger partial charge in [0.15, 0.2) is 0 Å². The Hall–Kier alpha value is -3.95. The molecule has 0 bridgehead atoms. The third kappa shape index (κ3) is 7.80. The van der Waals surface area contributed by atoms with E-state index in [4.69, 9.17) is 0 Å². The molecule has 3 atom stereocenters. The van der Waals surface area contributed by atoms with Crippen LogP contribution in [0.25, 0.3) is 0 Å². The van der Waals surface area contributed by atoms with Crippen LogP contribution in [0.5, 0.6) is 0 Å². The lowest BCUT2D eigenvalue weighted by Crippen LogP contribution is -2.58. The van der Waals surface area contributed by atoms with Crippen molar-refractivity contribution in [2.75, 3.05) is 19.6 Å². The Morgan fingerprint density at radius 2 is 1.73 bits per heavy atom. The molecule has 0 radical (unpaired) electrons. The molecule has 1 unspecified atom stereocenters. The van der Waals surface area contributed by atoms with Crippen molar-refractivity contribution in [2.24, 2.45) is 5.92 Å². The lowest BCUT2D eigenvalue weighted by molar-refractivity contribution is -0.143. The molecule has 1 saturated heterocycles. The molecule has 1 heterocycles. The number of ketones is 1. The topological polar surface area (TPSA) is 137 Å². The Bertz CT molecular complexity index is 1090. The standard InChI is InChI=1S/C30H41N5O5/c1-4-7-13-23(26(36)28(38)31-15-5-2)33-27(37)24-14-10-17-35(24)29(39)25(34-30(40)32-16-6-3)22-18-20-11-8-9-12-21(20)19-22/h4-5,8-9,11-12,22-25H,1-2,6-7,10,13-19H2,3H3,(H,31,38)(H,33,37)(H2,32,34,40)/t23?,24-,25-/m0/s1. The second kappa shape index (κ2) is 15.0. The minimum atomic E-state index is -1.05. The van der Waals surface area contributed by atoms with Gasteiger partial charge in [0.25, 0.3) is 5.91 Å². The molecule has 1 aliphatic heterocycles. The third-order valence-corrected chi connectivity index (χ3v) is 7.40. The van der Waals surface area contributed by atoms with Gasteiger partial charge in [-0.15, -0.1) is 13.2 Å². The number of carbonyl (C=O) groups is 5. The molecule has 40 heavy (non-hydrogen) atoms. The van der Waals surface area contributed by atoms with Crippen molar-refractivity contribution in [3.05, 3.63) is 60.7 Å². The van der Waals surface area contributed by atoms with Crippen molar-refractivity contribution in [2.45, 2.75) is 70.0 Å². The molecule has 1 fully saturated rings. The van der Waals surface area contributed by atoms with Crippen LogP contribution < -0.4 is 21.3 Å². The molecule has 216 valence electrons. The molecule has 1 aliphatic carbocycles. The van der Waals surface area contributed by atoms with E-state index in [-0.39, 0.29) is 24.8 Å². The van der Waals surface area contributed by atoms with Gasteiger partial charge in [-0.05, 0) is 62.0 Å². The Balaban J connectivity index is 1.76. The highest BCUT2D eigenvalue weighted by Gasteiger charge is 2.42. The van der Waals surface area contributed by atoms with Crippen LogP contribution in [0.2, 0.25) is 0 Å². The first-order valence-corrected chi connectivity index (χ1v) is 14.1. The van der Waals surface area contributed by atoms with Crippen LogP contribution in [0, 0.1) is 5.92 Å². The van der Waals surface area contributed by atoms with Crippen LogP contribution in [0.15, 0.2) is 49.6 Å². The molecule has 3 rings (SSSR count). The van der Waals surface area contributed by atoms with Crippen molar-refractivity contribution < 1.29 is 24.0 Å². The highest BCUT2D eigenvalue weighted by molar-refractivity contribution is 6.38. The predicted octanol–water partition coefficient (Wildman–Crippen LogP) is 1.79. The number of nitrogens with zero attached hydrogens (tertiary/aromatic N) is 1. The minimum Gasteiger partial charge on any atom is -0.346 e. The lowest BCUT2D eigenvalue weighted by Gasteiger charge is -2.32. The molecule has 0 aromatic heterocycles. The summed E-state index contributed by atoms with van der Waals surface area (Å²) in [4.78, 5) is 66.7. The number of nitrogens with one attached hydrogen (secondary N) is 4. The van der Waals surface area contributed by atoms with E-state index < -0.39 is 41.8 Å². The number of amides is 5. The normalized spacial score (nSPS) is 17.7. The van der Waals surface area contributed by atoms with Crippen LogP contribution >= 0.6 is 0 Å². The van der Waals surface area contributed by atoms with Gasteiger partial charge in [0.1, 0.15) is 12.1 Å². The number of fused-ring (bicyclic) bond motifs is 1. The quantitative estimate of drug-likeness (QED) is 0.206. The molecule has 0 spiro atoms. The summed E-state index contributed by atoms with van der Waals surface area (Å²) >= 11 is 0. The maximum atomic E-state index is 14.0. The number of hydrogen-bond acceptors (Lipinski definition) is 5. The van der Waals surface area contributed by atoms with Crippen LogP contribution in [0.1, 0.15) is 50.2 Å². The summed E-state index contributed by atoms with van der Waals surface area (Å²) < 4.78 is 0. The van der Waals surface area contributed by atoms with Gasteiger partial charge in [-0.1, -0.05) is 43.3 Å². The largest absolute Gasteiger partial charge is 0.346 e. The zero-order valence-electron chi connectivity index (χ0n) is 23.2. The van der Waals surface area contributed by atoms with Gasteiger partial charge < -0.3 is 26.2 Å². The first-order chi connectivity index (χ1) is 19.3. The number of benzene rings is 1. The molecular weight excluding hydrogens is 510 g/mol. The maximum Gasteiger partial charge on any atom is 0.315 e. The molecule has 1 aromatic rings. The van der Waals surface area contributed by atoms with E-state index >= 15 is 0 Å². The number of urea groups is 1. The molecule has 5 amide bonds. The van der Waals surface area contributed by atoms with Gasteiger partial charge in [-0.25, -0.2) is 4.79 Å². The highest BCUT2D eigenvalue weighted by Crippen LogP contribution is 2.31. The number of allylic oxidation sites excluding steroid dienone is 1. The van der Waals surface area contributed by atoms with Gasteiger partial charge in [-0.3, -0.25) is 19.2 Å². The van der Waals surface area contributed by atoms with Gasteiger partial charge in [0, 0.05) is 19.6 Å². The summed E-state index contributed by atoms with van der Waals surface area (Å²) in [5, 5.41) is 10.8. The summed E-state index contributed by atoms with van der Waals surface area (Å²) in [5.41, 5.74) is 2.30. The molecular formula is C30H41N5O5. The fourth-order valence-electron chi connectivity index (χ4n) is 5.35. The maximum absolute atomic E-state index is 14.0. The fourth-order valence-corrected chi connectivity index (χ4v) is 5.35. The molecule has 4 N–H and O–H groups in total. The Morgan fingerprint density at radius 1 is 1.02 bits per heavy atom. The van der Waals surface area contributed by atoms with Gasteiger partial charge in [0.2, 0.25) is 17.6 Å². The highest BCUT2D eigenvalue weighted by atomic mass is 16.2. The smallest absolute Gasteiger partial charge is 0.315 e. The lowest BCUT2D eigenvalue weighted by atomic mass is 9.95. The average molecular weight is 552 g/mol. The van der Waals surface area contributed by atoms with E-state index in [0.29, 0.717) is 45.2 Å². The molecule has 1 aromatic carbocycles. The van der Waals surface area contributed by atoms with E-state index in [0.717, 1.165) is 17.5 Å². The van der Waals surface area contributed by atoms with Crippen molar-refractivity contribution >= 4 is 29.5 Å². The van der Waals surface area contributed by atoms with E-state index in [1.807, 2.05) is 31.2 Å². The first-order valence-electron chi connectivity index (χ1n) is 14.1. The first kappa shape index (κ1) is 30.6. The Labute approximate surface area is 236 Å². The van der Waals surface area contributed by atoms with Gasteiger partial charge in [-0.2, -0.15) is 0 Å². The van der Waals surface area contributed by atoms with Gasteiger partial charge in [0.05, 0.1) is 6.04 Å². The fraction of sp³-hybridized carbons (Fsp3) is 0.500. The molecule has 0 saturated carbocycles. The minimum absolute atomic E-state index is 0.128. The van der Waals surface area contributed by atoms with Crippen LogP contribution in [0.3, 0.4) is 0 Å². The zero-order chi connectivity index (χ0) is 29.1. The Kier molecular flexibility index (Phi) is 11.5. The van der Waals surface area contributed by atoms with Crippen molar-refractivity contribution in [1.82, 2.24) is 26.2 Å². The molecule has 2 aliphatic rings. The summed E-state index contributed by atoms with van der Waals surface area (Å²) in [6.45, 7) is 10.1. The number of rotatable bonds is 14. The number of likely N-dealkylation sites (tertiary alicyclic amines) is 1. The summed E-state index contributed by atoms with van der Waals surface area (Å²) in [6.07, 6.45) is 6.76. The Morgan fingerprint density at radius 3 is 2.35 bits per heavy atom. The van der Waals surface area contributed by atoms with Crippen LogP contribution in [-0.2, 0) is 32.0 Å². The second-order valence-electron chi connectivity index (χ2n) is 10.3. The van der Waals surface area contributed by atoms with Crippen LogP contribution in [0.4, 0.5) is 4.79 Å². The van der Waals surface area contributed by atoms with E-state index in [1.165, 1.54) is 11.0 Å². The third-order valence-electron chi connectivity index (χ3n) is 7.40. The summed E-state index contributed by atoms with van der Waals surface area (Å²) in [7, 11) is 0. The monoisotopic (exact) mass is 551 g/mol. The van der Waals surface area contributed by atoms with E-state index in [9.17, 15) is 24.0 Å². The van der Waals surface area contributed by atoms with Crippen molar-refractivity contribution in [3.63, 3.8) is 0 Å². The number of carbonyl (C=O) groups excluding carboxylic acids is 5. The van der Waals surface area contributed by atoms with Gasteiger partial charge >= 0.3 is 6.03 Å². The summed E-state index contributed by atoms with van der Waals surface area (Å²) in [5.74, 6) is -2.54. The SMILES string of the molecule is C=CCCC(NC(=O)[C@@H]1CCCN1C(=O)[C@@H](NC(=O)NCCC)C1Cc2ccccc2C1)C(=O)C(=O)NCC=C. The van der Waals surface area contributed by atoms with Crippen LogP contribution in [-0.4, -0.2) is 72.2 Å². The molecule has 10 heteroatoms. The van der Waals surface area contributed by atoms with E-state index in [1.54, 1.807) is 6.08 Å². The summed E-state index contributed by atoms with van der Waals surface area (Å²) in [6, 6.07) is 4.89. The molecule has 10 nitrogen and oxygen atoms in total. The second-order valence-corrected chi connectivity index (χ2v) is 10.3. The number of hydrogen-bond donors (Lipinski definition) is 4. The van der Waals surface area contributed by atoms with Crippen molar-refractivity contribution in [3.8, 4) is 0 Å².